The lowest BCUT2D eigenvalue weighted by Crippen LogP contribution is -2.25. The summed E-state index contributed by atoms with van der Waals surface area (Å²) in [6.07, 6.45) is 4.56. The Morgan fingerprint density at radius 2 is 1.97 bits per heavy atom. The van der Waals surface area contributed by atoms with E-state index in [-0.39, 0.29) is 29.7 Å². The fourth-order valence-corrected chi connectivity index (χ4v) is 3.58. The largest absolute Gasteiger partial charge is 0.465 e. The molecule has 8 heteroatoms. The first-order valence-electron chi connectivity index (χ1n) is 10.0. The molecule has 1 unspecified atom stereocenters. The van der Waals surface area contributed by atoms with Gasteiger partial charge in [0, 0.05) is 23.7 Å². The summed E-state index contributed by atoms with van der Waals surface area (Å²) in [5, 5.41) is 9.42. The number of hydrogen-bond acceptors (Lipinski definition) is 6. The highest BCUT2D eigenvalue weighted by molar-refractivity contribution is 5.94. The summed E-state index contributed by atoms with van der Waals surface area (Å²) in [7, 11) is 0. The van der Waals surface area contributed by atoms with E-state index in [1.165, 1.54) is 12.3 Å². The van der Waals surface area contributed by atoms with E-state index in [0.717, 1.165) is 25.3 Å². The number of ether oxygens (including phenoxy) is 2. The molecule has 7 nitrogen and oxygen atoms in total. The molecule has 0 amide bonds. The van der Waals surface area contributed by atoms with Gasteiger partial charge in [0.05, 0.1) is 24.8 Å². The second-order valence-corrected chi connectivity index (χ2v) is 7.25. The molecule has 1 aromatic heterocycles. The molecule has 1 fully saturated rings. The first-order chi connectivity index (χ1) is 14.4. The maximum absolute atomic E-state index is 14.9. The lowest BCUT2D eigenvalue weighted by atomic mass is 9.85. The zero-order valence-electron chi connectivity index (χ0n) is 16.9. The van der Waals surface area contributed by atoms with Crippen molar-refractivity contribution in [3.05, 3.63) is 45.5 Å². The van der Waals surface area contributed by atoms with Crippen LogP contribution in [0.2, 0.25) is 0 Å². The van der Waals surface area contributed by atoms with Crippen molar-refractivity contribution in [2.75, 3.05) is 13.2 Å². The van der Waals surface area contributed by atoms with Crippen LogP contribution in [-0.2, 0) is 20.8 Å². The van der Waals surface area contributed by atoms with Gasteiger partial charge in [0.25, 0.3) is 0 Å². The number of hydrogen-bond donors (Lipinski definition) is 0. The third-order valence-electron chi connectivity index (χ3n) is 5.34. The molecule has 0 bridgehead atoms. The monoisotopic (exact) mass is 414 g/mol. The average Bonchev–Trinajstić information content (AvgIpc) is 2.68. The van der Waals surface area contributed by atoms with Gasteiger partial charge in [-0.05, 0) is 44.7 Å². The quantitative estimate of drug-likeness (QED) is 0.645. The Morgan fingerprint density at radius 3 is 2.53 bits per heavy atom. The number of rotatable bonds is 7. The number of esters is 2. The molecule has 158 valence electrons. The lowest BCUT2D eigenvalue weighted by Gasteiger charge is -2.27. The van der Waals surface area contributed by atoms with Crippen molar-refractivity contribution in [3.63, 3.8) is 0 Å². The predicted molar refractivity (Wildman–Crippen MR) is 106 cm³/mol. The number of fused-ring (bicyclic) bond motifs is 1. The van der Waals surface area contributed by atoms with E-state index in [1.54, 1.807) is 24.5 Å². The number of pyridine rings is 1. The Labute approximate surface area is 173 Å². The summed E-state index contributed by atoms with van der Waals surface area (Å²) in [4.78, 5) is 37.3. The maximum Gasteiger partial charge on any atom is 0.343 e. The standard InChI is InChI=1S/C22H23FN2O5/c1-3-29-21(27)16(10-24)14-9-19-15(8-18(14)23)20(26)17(22(28)30-4-2)12-25(19)11-13-6-5-7-13/h8-9,12-13,16H,3-7,11H2,1-2H3. The molecule has 2 aromatic rings. The number of carbonyl (C=O) groups excluding carboxylic acids is 2. The third kappa shape index (κ3) is 4.06. The van der Waals surface area contributed by atoms with Gasteiger partial charge in [0.15, 0.2) is 5.92 Å². The first kappa shape index (κ1) is 21.5. The van der Waals surface area contributed by atoms with E-state index >= 15 is 0 Å². The van der Waals surface area contributed by atoms with E-state index in [0.29, 0.717) is 18.0 Å². The van der Waals surface area contributed by atoms with E-state index in [9.17, 15) is 24.0 Å². The number of benzene rings is 1. The summed E-state index contributed by atoms with van der Waals surface area (Å²) in [6.45, 7) is 3.92. The third-order valence-corrected chi connectivity index (χ3v) is 5.34. The van der Waals surface area contributed by atoms with Crippen LogP contribution < -0.4 is 5.43 Å². The predicted octanol–water partition coefficient (Wildman–Crippen LogP) is 3.29. The van der Waals surface area contributed by atoms with Gasteiger partial charge in [0.2, 0.25) is 5.43 Å². The molecular weight excluding hydrogens is 391 g/mol. The second kappa shape index (κ2) is 9.08. The molecule has 1 aromatic carbocycles. The van der Waals surface area contributed by atoms with Crippen LogP contribution >= 0.6 is 0 Å². The summed E-state index contributed by atoms with van der Waals surface area (Å²) in [5.41, 5.74) is -0.614. The van der Waals surface area contributed by atoms with E-state index < -0.39 is 29.1 Å². The van der Waals surface area contributed by atoms with Crippen LogP contribution in [0.3, 0.4) is 0 Å². The molecule has 0 radical (unpaired) electrons. The molecule has 1 atom stereocenters. The molecule has 0 saturated heterocycles. The van der Waals surface area contributed by atoms with Gasteiger partial charge in [-0.2, -0.15) is 5.26 Å². The number of halogens is 1. The smallest absolute Gasteiger partial charge is 0.343 e. The molecule has 1 heterocycles. The van der Waals surface area contributed by atoms with Crippen molar-refractivity contribution in [1.82, 2.24) is 4.57 Å². The highest BCUT2D eigenvalue weighted by Gasteiger charge is 2.28. The minimum Gasteiger partial charge on any atom is -0.465 e. The zero-order chi connectivity index (χ0) is 21.8. The fraction of sp³-hybridized carbons (Fsp3) is 0.455. The van der Waals surface area contributed by atoms with Crippen LogP contribution in [0.25, 0.3) is 10.9 Å². The Kier molecular flexibility index (Phi) is 6.50. The summed E-state index contributed by atoms with van der Waals surface area (Å²) in [6, 6.07) is 4.10. The van der Waals surface area contributed by atoms with Crippen LogP contribution in [-0.4, -0.2) is 29.7 Å². The maximum atomic E-state index is 14.9. The van der Waals surface area contributed by atoms with Crippen molar-refractivity contribution >= 4 is 22.8 Å². The molecule has 0 aliphatic heterocycles. The van der Waals surface area contributed by atoms with E-state index in [4.69, 9.17) is 9.47 Å². The van der Waals surface area contributed by atoms with Crippen molar-refractivity contribution in [1.29, 1.82) is 5.26 Å². The Bertz CT molecular complexity index is 1080. The average molecular weight is 414 g/mol. The van der Waals surface area contributed by atoms with Crippen LogP contribution in [0.4, 0.5) is 4.39 Å². The first-order valence-corrected chi connectivity index (χ1v) is 10.0. The van der Waals surface area contributed by atoms with Gasteiger partial charge >= 0.3 is 11.9 Å². The SMILES string of the molecule is CCOC(=O)c1cn(CC2CCC2)c2cc(C(C#N)C(=O)OCC)c(F)cc2c1=O. The fourth-order valence-electron chi connectivity index (χ4n) is 3.58. The minimum atomic E-state index is -1.45. The lowest BCUT2D eigenvalue weighted by molar-refractivity contribution is -0.143. The zero-order valence-corrected chi connectivity index (χ0v) is 16.9. The van der Waals surface area contributed by atoms with Gasteiger partial charge < -0.3 is 14.0 Å². The van der Waals surface area contributed by atoms with Crippen molar-refractivity contribution in [2.24, 2.45) is 5.92 Å². The molecule has 0 spiro atoms. The van der Waals surface area contributed by atoms with Gasteiger partial charge in [-0.15, -0.1) is 0 Å². The molecule has 1 aliphatic carbocycles. The minimum absolute atomic E-state index is 0.00155. The second-order valence-electron chi connectivity index (χ2n) is 7.25. The number of nitriles is 1. The number of nitrogens with zero attached hydrogens (tertiary/aromatic N) is 2. The van der Waals surface area contributed by atoms with Gasteiger partial charge in [-0.3, -0.25) is 9.59 Å². The topological polar surface area (TPSA) is 98.4 Å². The molecule has 1 saturated carbocycles. The van der Waals surface area contributed by atoms with Gasteiger partial charge in [0.1, 0.15) is 11.4 Å². The molecule has 3 rings (SSSR count). The van der Waals surface area contributed by atoms with E-state index in [1.807, 2.05) is 0 Å². The Morgan fingerprint density at radius 1 is 1.27 bits per heavy atom. The van der Waals surface area contributed by atoms with Crippen molar-refractivity contribution < 1.29 is 23.5 Å². The van der Waals surface area contributed by atoms with Crippen molar-refractivity contribution in [2.45, 2.75) is 45.6 Å². The molecule has 30 heavy (non-hydrogen) atoms. The number of carbonyl (C=O) groups is 2. The summed E-state index contributed by atoms with van der Waals surface area (Å²) >= 11 is 0. The molecular formula is C22H23FN2O5. The summed E-state index contributed by atoms with van der Waals surface area (Å²) < 4.78 is 26.4. The molecule has 0 N–H and O–H groups in total. The van der Waals surface area contributed by atoms with Crippen LogP contribution in [0.5, 0.6) is 0 Å². The normalized spacial score (nSPS) is 14.6. The highest BCUT2D eigenvalue weighted by Crippen LogP contribution is 2.30. The summed E-state index contributed by atoms with van der Waals surface area (Å²) in [5.74, 6) is -3.58. The van der Waals surface area contributed by atoms with Crippen molar-refractivity contribution in [3.8, 4) is 6.07 Å². The van der Waals surface area contributed by atoms with Crippen LogP contribution in [0, 0.1) is 23.1 Å². The Hall–Kier alpha value is -3.21. The highest BCUT2D eigenvalue weighted by atomic mass is 19.1. The van der Waals surface area contributed by atoms with Crippen LogP contribution in [0.15, 0.2) is 23.1 Å². The van der Waals surface area contributed by atoms with Gasteiger partial charge in [-0.1, -0.05) is 6.42 Å². The Balaban J connectivity index is 2.21. The van der Waals surface area contributed by atoms with E-state index in [2.05, 4.69) is 0 Å². The van der Waals surface area contributed by atoms with Crippen LogP contribution in [0.1, 0.15) is 54.9 Å². The molecule has 1 aliphatic rings. The number of aromatic nitrogens is 1. The van der Waals surface area contributed by atoms with Gasteiger partial charge in [-0.25, -0.2) is 9.18 Å².